The molecular formula is C18H14N2O2S4. The molecule has 132 valence electrons. The summed E-state index contributed by atoms with van der Waals surface area (Å²) in [6.07, 6.45) is 0. The first-order valence-electron chi connectivity index (χ1n) is 7.66. The van der Waals surface area contributed by atoms with Gasteiger partial charge in [0, 0.05) is 0 Å². The standard InChI is InChI=1S/C18H14N2O2S4/c1-21-13-7-3-11(4-8-13)19-17-15-16(24-25-17)18(26-23-15)20-12-5-9-14(22-2)10-6-12/h3-10H,1-2H3. The smallest absolute Gasteiger partial charge is 0.146 e. The van der Waals surface area contributed by atoms with Gasteiger partial charge in [0.2, 0.25) is 0 Å². The maximum atomic E-state index is 5.20. The molecule has 0 aliphatic heterocycles. The second-order valence-corrected chi connectivity index (χ2v) is 9.48. The van der Waals surface area contributed by atoms with E-state index in [1.54, 1.807) is 55.6 Å². The molecule has 2 aromatic carbocycles. The second kappa shape index (κ2) is 7.71. The van der Waals surface area contributed by atoms with E-state index >= 15 is 0 Å². The van der Waals surface area contributed by atoms with Crippen molar-refractivity contribution < 1.29 is 9.47 Å². The summed E-state index contributed by atoms with van der Waals surface area (Å²) in [7, 11) is 10.2. The van der Waals surface area contributed by atoms with Gasteiger partial charge in [-0.3, -0.25) is 0 Å². The minimum absolute atomic E-state index is 0.835. The van der Waals surface area contributed by atoms with Gasteiger partial charge in [-0.05, 0) is 48.5 Å². The number of benzene rings is 2. The molecule has 8 heteroatoms. The highest BCUT2D eigenvalue weighted by molar-refractivity contribution is 7.78. The lowest BCUT2D eigenvalue weighted by molar-refractivity contribution is 0.414. The number of hydrogen-bond donors (Lipinski definition) is 0. The van der Waals surface area contributed by atoms with E-state index in [0.29, 0.717) is 0 Å². The van der Waals surface area contributed by atoms with Gasteiger partial charge in [-0.1, -0.05) is 41.4 Å². The lowest BCUT2D eigenvalue weighted by Gasteiger charge is -1.98. The predicted molar refractivity (Wildman–Crippen MR) is 112 cm³/mol. The van der Waals surface area contributed by atoms with E-state index in [9.17, 15) is 0 Å². The second-order valence-electron chi connectivity index (χ2n) is 5.22. The molecule has 4 rings (SSSR count). The summed E-state index contributed by atoms with van der Waals surface area (Å²) in [4.78, 5) is 9.56. The van der Waals surface area contributed by atoms with Crippen LogP contribution in [0.4, 0.5) is 11.4 Å². The van der Waals surface area contributed by atoms with Crippen LogP contribution in [0.3, 0.4) is 0 Å². The Morgan fingerprint density at radius 1 is 0.577 bits per heavy atom. The van der Waals surface area contributed by atoms with Crippen LogP contribution in [0, 0.1) is 0 Å². The zero-order chi connectivity index (χ0) is 17.9. The third-order valence-electron chi connectivity index (χ3n) is 3.61. The van der Waals surface area contributed by atoms with Crippen LogP contribution in [-0.4, -0.2) is 14.2 Å². The van der Waals surface area contributed by atoms with Crippen molar-refractivity contribution in [1.82, 2.24) is 0 Å². The zero-order valence-corrected chi connectivity index (χ0v) is 17.2. The Morgan fingerprint density at radius 3 is 1.31 bits per heavy atom. The SMILES string of the molecule is COc1ccc(N=c2ssc3c(=Nc4ccc(OC)cc4)ssc23)cc1. The maximum absolute atomic E-state index is 5.20. The van der Waals surface area contributed by atoms with Crippen LogP contribution >= 0.6 is 41.4 Å². The molecule has 0 unspecified atom stereocenters. The van der Waals surface area contributed by atoms with E-state index in [2.05, 4.69) is 0 Å². The van der Waals surface area contributed by atoms with Gasteiger partial charge in [0.05, 0.1) is 35.0 Å². The molecule has 0 bridgehead atoms. The Bertz CT molecular complexity index is 1060. The number of nitrogens with zero attached hydrogens (tertiary/aromatic N) is 2. The van der Waals surface area contributed by atoms with Gasteiger partial charge in [-0.2, -0.15) is 0 Å². The minimum Gasteiger partial charge on any atom is -0.497 e. The summed E-state index contributed by atoms with van der Waals surface area (Å²) in [6, 6.07) is 15.6. The molecular weight excluding hydrogens is 404 g/mol. The lowest BCUT2D eigenvalue weighted by Crippen LogP contribution is -1.93. The van der Waals surface area contributed by atoms with Crippen LogP contribution in [0.25, 0.3) is 9.40 Å². The van der Waals surface area contributed by atoms with Crippen molar-refractivity contribution in [3.05, 3.63) is 57.9 Å². The molecule has 2 aromatic heterocycles. The van der Waals surface area contributed by atoms with Crippen LogP contribution in [0.5, 0.6) is 11.5 Å². The van der Waals surface area contributed by atoms with E-state index in [0.717, 1.165) is 32.2 Å². The van der Waals surface area contributed by atoms with Gasteiger partial charge < -0.3 is 9.47 Å². The Morgan fingerprint density at radius 2 is 0.962 bits per heavy atom. The fourth-order valence-electron chi connectivity index (χ4n) is 2.27. The molecule has 0 N–H and O–H groups in total. The topological polar surface area (TPSA) is 43.2 Å². The number of rotatable bonds is 4. The number of ether oxygens (including phenoxy) is 2. The molecule has 0 spiro atoms. The summed E-state index contributed by atoms with van der Waals surface area (Å²) >= 11 is 0. The van der Waals surface area contributed by atoms with Crippen molar-refractivity contribution in [3.8, 4) is 11.5 Å². The van der Waals surface area contributed by atoms with Crippen molar-refractivity contribution in [2.45, 2.75) is 0 Å². The van der Waals surface area contributed by atoms with Crippen LogP contribution in [0.2, 0.25) is 0 Å². The first-order valence-corrected chi connectivity index (χ1v) is 12.0. The fraction of sp³-hybridized carbons (Fsp3) is 0.111. The number of methoxy groups -OCH3 is 2. The van der Waals surface area contributed by atoms with Gasteiger partial charge in [0.25, 0.3) is 0 Å². The van der Waals surface area contributed by atoms with E-state index in [1.165, 1.54) is 9.40 Å². The fourth-order valence-corrected chi connectivity index (χ4v) is 8.31. The molecule has 26 heavy (non-hydrogen) atoms. The third-order valence-corrected chi connectivity index (χ3v) is 8.65. The van der Waals surface area contributed by atoms with Gasteiger partial charge in [0.1, 0.15) is 20.8 Å². The zero-order valence-electron chi connectivity index (χ0n) is 14.0. The van der Waals surface area contributed by atoms with Gasteiger partial charge in [0.15, 0.2) is 0 Å². The molecule has 4 aromatic rings. The van der Waals surface area contributed by atoms with Crippen LogP contribution < -0.4 is 18.8 Å². The quantitative estimate of drug-likeness (QED) is 0.407. The highest BCUT2D eigenvalue weighted by atomic mass is 32.9. The van der Waals surface area contributed by atoms with Crippen LogP contribution in [0.15, 0.2) is 58.5 Å². The number of fused-ring (bicyclic) bond motifs is 1. The van der Waals surface area contributed by atoms with Crippen LogP contribution in [0.1, 0.15) is 0 Å². The Balaban J connectivity index is 1.73. The normalized spacial score (nSPS) is 12.7. The van der Waals surface area contributed by atoms with Crippen molar-refractivity contribution in [2.24, 2.45) is 9.98 Å². The average molecular weight is 419 g/mol. The highest BCUT2D eigenvalue weighted by Gasteiger charge is 2.07. The first-order chi connectivity index (χ1) is 12.8. The van der Waals surface area contributed by atoms with E-state index in [1.807, 2.05) is 48.5 Å². The molecule has 4 nitrogen and oxygen atoms in total. The predicted octanol–water partition coefficient (Wildman–Crippen LogP) is 5.57. The Hall–Kier alpha value is -2.00. The monoisotopic (exact) mass is 418 g/mol. The van der Waals surface area contributed by atoms with E-state index in [4.69, 9.17) is 19.5 Å². The van der Waals surface area contributed by atoms with Gasteiger partial charge >= 0.3 is 0 Å². The molecule has 0 amide bonds. The van der Waals surface area contributed by atoms with Crippen molar-refractivity contribution in [3.63, 3.8) is 0 Å². The third kappa shape index (κ3) is 3.59. The lowest BCUT2D eigenvalue weighted by atomic mass is 10.3. The van der Waals surface area contributed by atoms with Crippen LogP contribution in [-0.2, 0) is 0 Å². The van der Waals surface area contributed by atoms with E-state index in [-0.39, 0.29) is 0 Å². The highest BCUT2D eigenvalue weighted by Crippen LogP contribution is 2.27. The molecule has 2 heterocycles. The molecule has 0 atom stereocenters. The Kier molecular flexibility index (Phi) is 5.16. The molecule has 0 saturated heterocycles. The van der Waals surface area contributed by atoms with Crippen molar-refractivity contribution in [2.75, 3.05) is 14.2 Å². The largest absolute Gasteiger partial charge is 0.497 e. The van der Waals surface area contributed by atoms with Gasteiger partial charge in [-0.25, -0.2) is 9.98 Å². The average Bonchev–Trinajstić information content (AvgIpc) is 3.27. The molecule has 0 aliphatic rings. The van der Waals surface area contributed by atoms with Crippen molar-refractivity contribution >= 4 is 62.1 Å². The summed E-state index contributed by atoms with van der Waals surface area (Å²) < 4.78 is 14.9. The molecule has 0 aliphatic carbocycles. The number of hydrogen-bond acceptors (Lipinski definition) is 8. The molecule has 0 radical (unpaired) electrons. The first kappa shape index (κ1) is 17.4. The van der Waals surface area contributed by atoms with Crippen molar-refractivity contribution in [1.29, 1.82) is 0 Å². The molecule has 0 saturated carbocycles. The molecule has 0 fully saturated rings. The van der Waals surface area contributed by atoms with Gasteiger partial charge in [-0.15, -0.1) is 0 Å². The van der Waals surface area contributed by atoms with E-state index < -0.39 is 0 Å². The maximum Gasteiger partial charge on any atom is 0.146 e. The minimum atomic E-state index is 0.835. The summed E-state index contributed by atoms with van der Waals surface area (Å²) in [6.45, 7) is 0. The Labute approximate surface area is 164 Å². The summed E-state index contributed by atoms with van der Waals surface area (Å²) in [5.74, 6) is 1.67. The summed E-state index contributed by atoms with van der Waals surface area (Å²) in [5, 5.41) is 0. The summed E-state index contributed by atoms with van der Waals surface area (Å²) in [5.41, 5.74) is 1.85.